The number of rotatable bonds is 6. The number of piperazine rings is 1. The van der Waals surface area contributed by atoms with Gasteiger partial charge in [0, 0.05) is 56.6 Å². The molecule has 0 radical (unpaired) electrons. The molecule has 0 atom stereocenters. The normalized spacial score (nSPS) is 15.9. The lowest BCUT2D eigenvalue weighted by Gasteiger charge is -2.33. The number of pyridine rings is 1. The zero-order valence-electron chi connectivity index (χ0n) is 15.1. The average Bonchev–Trinajstić information content (AvgIpc) is 3.13. The van der Waals surface area contributed by atoms with Crippen molar-refractivity contribution in [1.82, 2.24) is 24.9 Å². The molecule has 1 saturated heterocycles. The van der Waals surface area contributed by atoms with Crippen molar-refractivity contribution in [3.8, 4) is 0 Å². The molecular formula is C20H22ClN5O. The highest BCUT2D eigenvalue weighted by molar-refractivity contribution is 6.31. The Morgan fingerprint density at radius 2 is 1.74 bits per heavy atom. The van der Waals surface area contributed by atoms with Gasteiger partial charge in [0.1, 0.15) is 0 Å². The van der Waals surface area contributed by atoms with Gasteiger partial charge >= 0.3 is 0 Å². The van der Waals surface area contributed by atoms with Gasteiger partial charge in [-0.2, -0.15) is 4.98 Å². The lowest BCUT2D eigenvalue weighted by molar-refractivity contribution is 0.112. The van der Waals surface area contributed by atoms with Crippen LogP contribution in [-0.2, 0) is 19.5 Å². The van der Waals surface area contributed by atoms with Gasteiger partial charge in [0.25, 0.3) is 0 Å². The molecule has 0 spiro atoms. The summed E-state index contributed by atoms with van der Waals surface area (Å²) in [5, 5.41) is 4.83. The van der Waals surface area contributed by atoms with Gasteiger partial charge in [-0.15, -0.1) is 0 Å². The summed E-state index contributed by atoms with van der Waals surface area (Å²) >= 11 is 6.21. The van der Waals surface area contributed by atoms with Gasteiger partial charge < -0.3 is 4.52 Å². The molecule has 0 saturated carbocycles. The van der Waals surface area contributed by atoms with Crippen LogP contribution in [0.4, 0.5) is 0 Å². The maximum Gasteiger partial charge on any atom is 0.240 e. The van der Waals surface area contributed by atoms with Crippen molar-refractivity contribution in [2.75, 3.05) is 26.2 Å². The molecule has 0 bridgehead atoms. The number of benzene rings is 1. The first-order chi connectivity index (χ1) is 13.3. The SMILES string of the molecule is Clc1ccccc1Cc1noc(CN2CCN(Cc3cccnc3)CC2)n1. The van der Waals surface area contributed by atoms with Gasteiger partial charge in [-0.05, 0) is 23.3 Å². The molecule has 3 aromatic rings. The minimum atomic E-state index is 0.585. The van der Waals surface area contributed by atoms with E-state index >= 15 is 0 Å². The summed E-state index contributed by atoms with van der Waals surface area (Å²) in [7, 11) is 0. The van der Waals surface area contributed by atoms with Crippen molar-refractivity contribution in [3.05, 3.63) is 76.7 Å². The molecule has 1 aromatic carbocycles. The van der Waals surface area contributed by atoms with Crippen LogP contribution in [0.1, 0.15) is 22.8 Å². The van der Waals surface area contributed by atoms with Crippen LogP contribution < -0.4 is 0 Å². The van der Waals surface area contributed by atoms with E-state index in [1.807, 2.05) is 42.7 Å². The largest absolute Gasteiger partial charge is 0.338 e. The summed E-state index contributed by atoms with van der Waals surface area (Å²) < 4.78 is 5.43. The van der Waals surface area contributed by atoms with Crippen LogP contribution in [0.3, 0.4) is 0 Å². The maximum atomic E-state index is 6.21. The third-order valence-electron chi connectivity index (χ3n) is 4.77. The zero-order valence-corrected chi connectivity index (χ0v) is 15.8. The topological polar surface area (TPSA) is 58.3 Å². The second-order valence-electron chi connectivity index (χ2n) is 6.79. The van der Waals surface area contributed by atoms with Crippen LogP contribution in [0.5, 0.6) is 0 Å². The van der Waals surface area contributed by atoms with Crippen molar-refractivity contribution < 1.29 is 4.52 Å². The molecule has 0 N–H and O–H groups in total. The monoisotopic (exact) mass is 383 g/mol. The van der Waals surface area contributed by atoms with E-state index in [4.69, 9.17) is 16.1 Å². The minimum Gasteiger partial charge on any atom is -0.338 e. The highest BCUT2D eigenvalue weighted by Gasteiger charge is 2.19. The van der Waals surface area contributed by atoms with Crippen LogP contribution in [0.15, 0.2) is 53.3 Å². The van der Waals surface area contributed by atoms with Gasteiger partial charge in [0.2, 0.25) is 5.89 Å². The predicted molar refractivity (Wildman–Crippen MR) is 103 cm³/mol. The Morgan fingerprint density at radius 3 is 2.48 bits per heavy atom. The Kier molecular flexibility index (Phi) is 5.77. The Balaban J connectivity index is 1.27. The summed E-state index contributed by atoms with van der Waals surface area (Å²) in [6.45, 7) is 5.66. The molecule has 0 aliphatic carbocycles. The summed E-state index contributed by atoms with van der Waals surface area (Å²) in [4.78, 5) is 13.5. The number of aromatic nitrogens is 3. The van der Waals surface area contributed by atoms with E-state index in [0.29, 0.717) is 24.7 Å². The third kappa shape index (κ3) is 4.91. The summed E-state index contributed by atoms with van der Waals surface area (Å²) in [5.74, 6) is 1.34. The van der Waals surface area contributed by atoms with E-state index in [1.165, 1.54) is 5.56 Å². The lowest BCUT2D eigenvalue weighted by Crippen LogP contribution is -2.45. The quantitative estimate of drug-likeness (QED) is 0.652. The smallest absolute Gasteiger partial charge is 0.240 e. The molecule has 0 amide bonds. The highest BCUT2D eigenvalue weighted by Crippen LogP contribution is 2.18. The van der Waals surface area contributed by atoms with Crippen molar-refractivity contribution in [3.63, 3.8) is 0 Å². The Hall–Kier alpha value is -2.28. The Bertz CT molecular complexity index is 862. The molecule has 2 aromatic heterocycles. The molecule has 1 aliphatic rings. The molecule has 3 heterocycles. The van der Waals surface area contributed by atoms with Gasteiger partial charge in [0.15, 0.2) is 5.82 Å². The standard InChI is InChI=1S/C20H22ClN5O/c21-18-6-2-1-5-17(18)12-19-23-20(27-24-19)15-26-10-8-25(9-11-26)14-16-4-3-7-22-13-16/h1-7,13H,8-12,14-15H2. The second-order valence-corrected chi connectivity index (χ2v) is 7.19. The number of hydrogen-bond acceptors (Lipinski definition) is 6. The number of halogens is 1. The van der Waals surface area contributed by atoms with Gasteiger partial charge in [-0.3, -0.25) is 14.8 Å². The lowest BCUT2D eigenvalue weighted by atomic mass is 10.1. The number of nitrogens with zero attached hydrogens (tertiary/aromatic N) is 5. The molecule has 1 aliphatic heterocycles. The van der Waals surface area contributed by atoms with Crippen molar-refractivity contribution in [1.29, 1.82) is 0 Å². The van der Waals surface area contributed by atoms with Gasteiger partial charge in [-0.25, -0.2) is 0 Å². The molecule has 6 nitrogen and oxygen atoms in total. The van der Waals surface area contributed by atoms with Gasteiger partial charge in [-0.1, -0.05) is 41.0 Å². The van der Waals surface area contributed by atoms with E-state index in [-0.39, 0.29) is 0 Å². The van der Waals surface area contributed by atoms with E-state index in [9.17, 15) is 0 Å². The first-order valence-electron chi connectivity index (χ1n) is 9.15. The van der Waals surface area contributed by atoms with Crippen LogP contribution in [0, 0.1) is 0 Å². The molecule has 0 unspecified atom stereocenters. The number of hydrogen-bond donors (Lipinski definition) is 0. The molecule has 4 rings (SSSR count). The molecule has 7 heteroatoms. The summed E-state index contributed by atoms with van der Waals surface area (Å²) in [6.07, 6.45) is 4.33. The maximum absolute atomic E-state index is 6.21. The fourth-order valence-electron chi connectivity index (χ4n) is 3.28. The first-order valence-corrected chi connectivity index (χ1v) is 9.52. The van der Waals surface area contributed by atoms with Crippen molar-refractivity contribution in [2.24, 2.45) is 0 Å². The van der Waals surface area contributed by atoms with Crippen molar-refractivity contribution >= 4 is 11.6 Å². The molecule has 27 heavy (non-hydrogen) atoms. The second kappa shape index (κ2) is 8.61. The molecular weight excluding hydrogens is 362 g/mol. The Labute approximate surface area is 163 Å². The molecule has 140 valence electrons. The summed E-state index contributed by atoms with van der Waals surface area (Å²) in [6, 6.07) is 11.9. The third-order valence-corrected chi connectivity index (χ3v) is 5.14. The first kappa shape index (κ1) is 18.1. The van der Waals surface area contributed by atoms with Gasteiger partial charge in [0.05, 0.1) is 6.54 Å². The predicted octanol–water partition coefficient (Wildman–Crippen LogP) is 3.03. The fraction of sp³-hybridized carbons (Fsp3) is 0.350. The van der Waals surface area contributed by atoms with Crippen LogP contribution in [0.25, 0.3) is 0 Å². The van der Waals surface area contributed by atoms with E-state index < -0.39 is 0 Å². The average molecular weight is 384 g/mol. The highest BCUT2D eigenvalue weighted by atomic mass is 35.5. The Morgan fingerprint density at radius 1 is 0.963 bits per heavy atom. The van der Waals surface area contributed by atoms with Crippen LogP contribution in [0.2, 0.25) is 5.02 Å². The van der Waals surface area contributed by atoms with Crippen LogP contribution in [-0.4, -0.2) is 51.1 Å². The van der Waals surface area contributed by atoms with Crippen molar-refractivity contribution in [2.45, 2.75) is 19.5 Å². The fourth-order valence-corrected chi connectivity index (χ4v) is 3.49. The van der Waals surface area contributed by atoms with E-state index in [0.717, 1.165) is 43.3 Å². The molecule has 1 fully saturated rings. The van der Waals surface area contributed by atoms with E-state index in [2.05, 4.69) is 31.0 Å². The minimum absolute atomic E-state index is 0.585. The van der Waals surface area contributed by atoms with E-state index in [1.54, 1.807) is 0 Å². The zero-order chi connectivity index (χ0) is 18.5. The van der Waals surface area contributed by atoms with Crippen LogP contribution >= 0.6 is 11.6 Å². The summed E-state index contributed by atoms with van der Waals surface area (Å²) in [5.41, 5.74) is 2.27.